The van der Waals surface area contributed by atoms with Crippen molar-refractivity contribution < 1.29 is 18.5 Å². The third-order valence-electron chi connectivity index (χ3n) is 7.58. The number of carbonyl (C=O) groups excluding carboxylic acids is 2. The summed E-state index contributed by atoms with van der Waals surface area (Å²) in [6.07, 6.45) is 5.04. The second kappa shape index (κ2) is 8.44. The fourth-order valence-corrected chi connectivity index (χ4v) is 5.72. The van der Waals surface area contributed by atoms with Gasteiger partial charge < -0.3 is 19.2 Å². The Balaban J connectivity index is 1.24. The van der Waals surface area contributed by atoms with Crippen molar-refractivity contribution in [3.8, 4) is 0 Å². The Kier molecular flexibility index (Phi) is 5.60. The second-order valence-electron chi connectivity index (χ2n) is 9.65. The SMILES string of the molecule is CN(C)C(=O)N1CC2(CCN(C3CCN(C(=O)c4ccon4)CC3)CC2)c2cc(F)ccc21. The van der Waals surface area contributed by atoms with E-state index < -0.39 is 0 Å². The van der Waals surface area contributed by atoms with Gasteiger partial charge in [0.25, 0.3) is 5.91 Å². The molecular formula is C24H30FN5O3. The lowest BCUT2D eigenvalue weighted by atomic mass is 9.74. The summed E-state index contributed by atoms with van der Waals surface area (Å²) in [5, 5.41) is 3.76. The van der Waals surface area contributed by atoms with Crippen LogP contribution in [0.2, 0.25) is 0 Å². The fourth-order valence-electron chi connectivity index (χ4n) is 5.72. The molecule has 4 heterocycles. The zero-order valence-electron chi connectivity index (χ0n) is 19.2. The average molecular weight is 456 g/mol. The number of anilines is 1. The highest BCUT2D eigenvalue weighted by Gasteiger charge is 2.47. The number of amides is 3. The molecule has 176 valence electrons. The molecule has 0 N–H and O–H groups in total. The monoisotopic (exact) mass is 455 g/mol. The minimum absolute atomic E-state index is 0.0636. The van der Waals surface area contributed by atoms with Crippen molar-refractivity contribution in [1.82, 2.24) is 19.9 Å². The minimum Gasteiger partial charge on any atom is -0.364 e. The van der Waals surface area contributed by atoms with E-state index in [1.54, 1.807) is 42.1 Å². The molecule has 0 aliphatic carbocycles. The van der Waals surface area contributed by atoms with Gasteiger partial charge in [0.15, 0.2) is 5.69 Å². The lowest BCUT2D eigenvalue weighted by Crippen LogP contribution is -2.52. The second-order valence-corrected chi connectivity index (χ2v) is 9.65. The maximum atomic E-state index is 14.2. The van der Waals surface area contributed by atoms with Gasteiger partial charge in [-0.15, -0.1) is 0 Å². The quantitative estimate of drug-likeness (QED) is 0.696. The first-order valence-electron chi connectivity index (χ1n) is 11.6. The normalized spacial score (nSPS) is 20.8. The van der Waals surface area contributed by atoms with E-state index in [2.05, 4.69) is 10.1 Å². The van der Waals surface area contributed by atoms with Crippen LogP contribution in [0.5, 0.6) is 0 Å². The van der Waals surface area contributed by atoms with Crippen LogP contribution in [-0.4, -0.2) is 84.7 Å². The molecule has 1 aromatic carbocycles. The van der Waals surface area contributed by atoms with Gasteiger partial charge in [0.1, 0.15) is 12.1 Å². The molecule has 33 heavy (non-hydrogen) atoms. The number of carbonyl (C=O) groups is 2. The van der Waals surface area contributed by atoms with E-state index in [0.29, 0.717) is 31.4 Å². The van der Waals surface area contributed by atoms with Crippen molar-refractivity contribution in [2.75, 3.05) is 51.7 Å². The van der Waals surface area contributed by atoms with Gasteiger partial charge in [-0.2, -0.15) is 0 Å². The number of nitrogens with zero attached hydrogens (tertiary/aromatic N) is 5. The number of aromatic nitrogens is 1. The molecule has 1 spiro atoms. The number of hydrogen-bond acceptors (Lipinski definition) is 5. The largest absolute Gasteiger partial charge is 0.364 e. The van der Waals surface area contributed by atoms with Crippen LogP contribution in [0.1, 0.15) is 41.7 Å². The van der Waals surface area contributed by atoms with Crippen LogP contribution in [0.15, 0.2) is 35.1 Å². The van der Waals surface area contributed by atoms with Crippen LogP contribution in [-0.2, 0) is 5.41 Å². The van der Waals surface area contributed by atoms with Crippen molar-refractivity contribution in [3.63, 3.8) is 0 Å². The van der Waals surface area contributed by atoms with Gasteiger partial charge in [0.2, 0.25) is 0 Å². The Morgan fingerprint density at radius 2 is 1.85 bits per heavy atom. The van der Waals surface area contributed by atoms with E-state index in [0.717, 1.165) is 50.0 Å². The summed E-state index contributed by atoms with van der Waals surface area (Å²) in [7, 11) is 3.50. The molecule has 3 aliphatic heterocycles. The van der Waals surface area contributed by atoms with Crippen LogP contribution in [0.4, 0.5) is 14.9 Å². The molecular weight excluding hydrogens is 425 g/mol. The highest BCUT2D eigenvalue weighted by atomic mass is 19.1. The summed E-state index contributed by atoms with van der Waals surface area (Å²) in [5.74, 6) is -0.325. The topological polar surface area (TPSA) is 73.1 Å². The zero-order valence-corrected chi connectivity index (χ0v) is 19.2. The standard InChI is InChI=1S/C24H30FN5O3/c1-27(2)23(32)30-16-24(19-15-17(25)3-4-21(19)30)8-12-28(13-9-24)18-5-10-29(11-6-18)22(31)20-7-14-33-26-20/h3-4,7,14-15,18H,5-6,8-13,16H2,1-2H3. The van der Waals surface area contributed by atoms with E-state index >= 15 is 0 Å². The van der Waals surface area contributed by atoms with E-state index in [1.165, 1.54) is 12.3 Å². The average Bonchev–Trinajstić information content (AvgIpc) is 3.46. The smallest absolute Gasteiger partial charge is 0.323 e. The highest BCUT2D eigenvalue weighted by Crippen LogP contribution is 2.48. The van der Waals surface area contributed by atoms with Gasteiger partial charge in [0.05, 0.1) is 0 Å². The lowest BCUT2D eigenvalue weighted by Gasteiger charge is -2.45. The summed E-state index contributed by atoms with van der Waals surface area (Å²) in [6, 6.07) is 6.78. The number of rotatable bonds is 2. The van der Waals surface area contributed by atoms with Crippen molar-refractivity contribution in [3.05, 3.63) is 47.6 Å². The van der Waals surface area contributed by atoms with Gasteiger partial charge in [-0.3, -0.25) is 9.69 Å². The molecule has 1 aromatic heterocycles. The molecule has 0 atom stereocenters. The molecule has 2 aromatic rings. The first kappa shape index (κ1) is 21.9. The third-order valence-corrected chi connectivity index (χ3v) is 7.58. The maximum absolute atomic E-state index is 14.2. The summed E-state index contributed by atoms with van der Waals surface area (Å²) in [4.78, 5) is 33.1. The molecule has 2 fully saturated rings. The van der Waals surface area contributed by atoms with Gasteiger partial charge >= 0.3 is 6.03 Å². The van der Waals surface area contributed by atoms with Crippen LogP contribution in [0.3, 0.4) is 0 Å². The number of fused-ring (bicyclic) bond motifs is 2. The van der Waals surface area contributed by atoms with E-state index in [9.17, 15) is 14.0 Å². The highest BCUT2D eigenvalue weighted by molar-refractivity contribution is 5.95. The Labute approximate surface area is 192 Å². The van der Waals surface area contributed by atoms with Crippen molar-refractivity contribution in [2.24, 2.45) is 0 Å². The number of benzene rings is 1. The van der Waals surface area contributed by atoms with E-state index in [1.807, 2.05) is 4.90 Å². The Morgan fingerprint density at radius 1 is 1.12 bits per heavy atom. The first-order valence-corrected chi connectivity index (χ1v) is 11.6. The molecule has 8 nitrogen and oxygen atoms in total. The number of piperidine rings is 2. The Hall–Kier alpha value is -2.94. The molecule has 5 rings (SSSR count). The van der Waals surface area contributed by atoms with Crippen molar-refractivity contribution >= 4 is 17.6 Å². The predicted octanol–water partition coefficient (Wildman–Crippen LogP) is 2.95. The third kappa shape index (κ3) is 3.88. The summed E-state index contributed by atoms with van der Waals surface area (Å²) in [6.45, 7) is 3.82. The maximum Gasteiger partial charge on any atom is 0.323 e. The van der Waals surface area contributed by atoms with E-state index in [4.69, 9.17) is 4.52 Å². The van der Waals surface area contributed by atoms with E-state index in [-0.39, 0.29) is 23.2 Å². The van der Waals surface area contributed by atoms with Crippen molar-refractivity contribution in [2.45, 2.75) is 37.1 Å². The molecule has 0 radical (unpaired) electrons. The molecule has 3 amide bonds. The Morgan fingerprint density at radius 3 is 2.48 bits per heavy atom. The van der Waals surface area contributed by atoms with Crippen LogP contribution < -0.4 is 4.90 Å². The molecule has 0 unspecified atom stereocenters. The van der Waals surface area contributed by atoms with Crippen molar-refractivity contribution in [1.29, 1.82) is 0 Å². The predicted molar refractivity (Wildman–Crippen MR) is 121 cm³/mol. The molecule has 0 bridgehead atoms. The number of urea groups is 1. The molecule has 2 saturated heterocycles. The summed E-state index contributed by atoms with van der Waals surface area (Å²) in [5.41, 5.74) is 1.95. The first-order chi connectivity index (χ1) is 15.9. The van der Waals surface area contributed by atoms with Gasteiger partial charge in [-0.1, -0.05) is 5.16 Å². The van der Waals surface area contributed by atoms with Crippen LogP contribution >= 0.6 is 0 Å². The summed E-state index contributed by atoms with van der Waals surface area (Å²) < 4.78 is 19.0. The van der Waals surface area contributed by atoms with Gasteiger partial charge in [-0.05, 0) is 62.5 Å². The molecule has 3 aliphatic rings. The number of halogens is 1. The molecule has 0 saturated carbocycles. The minimum atomic E-state index is -0.251. The van der Waals surface area contributed by atoms with Gasteiger partial charge in [-0.25, -0.2) is 9.18 Å². The van der Waals surface area contributed by atoms with Crippen LogP contribution in [0.25, 0.3) is 0 Å². The zero-order chi connectivity index (χ0) is 23.2. The van der Waals surface area contributed by atoms with Crippen LogP contribution in [0, 0.1) is 5.82 Å². The van der Waals surface area contributed by atoms with Gasteiger partial charge in [0, 0.05) is 56.9 Å². The fraction of sp³-hybridized carbons (Fsp3) is 0.542. The number of likely N-dealkylation sites (tertiary alicyclic amines) is 2. The summed E-state index contributed by atoms with van der Waals surface area (Å²) >= 11 is 0. The Bertz CT molecular complexity index is 1020. The number of hydrogen-bond donors (Lipinski definition) is 0. The molecule has 9 heteroatoms. The lowest BCUT2D eigenvalue weighted by molar-refractivity contribution is 0.0523.